The summed E-state index contributed by atoms with van der Waals surface area (Å²) in [5.74, 6) is 1.89. The van der Waals surface area contributed by atoms with Gasteiger partial charge in [-0.15, -0.1) is 0 Å². The molecule has 7 heteroatoms. The number of hydrogen-bond acceptors (Lipinski definition) is 4. The number of rotatable bonds is 2. The molecule has 3 aromatic rings. The summed E-state index contributed by atoms with van der Waals surface area (Å²) in [5, 5.41) is 1.26. The monoisotopic (exact) mass is 469 g/mol. The van der Waals surface area contributed by atoms with E-state index in [1.807, 2.05) is 31.3 Å². The predicted molar refractivity (Wildman–Crippen MR) is 127 cm³/mol. The second-order valence-electron chi connectivity index (χ2n) is 9.40. The van der Waals surface area contributed by atoms with Crippen LogP contribution in [0.4, 0.5) is 18.9 Å². The van der Waals surface area contributed by atoms with Crippen LogP contribution >= 0.6 is 0 Å². The molecule has 0 bridgehead atoms. The highest BCUT2D eigenvalue weighted by molar-refractivity contribution is 5.95. The molecule has 0 aliphatic carbocycles. The van der Waals surface area contributed by atoms with E-state index < -0.39 is 22.9 Å². The van der Waals surface area contributed by atoms with Crippen molar-refractivity contribution in [2.75, 3.05) is 26.2 Å². The maximum absolute atomic E-state index is 13.4. The summed E-state index contributed by atoms with van der Waals surface area (Å²) in [6, 6.07) is 10.2. The lowest BCUT2D eigenvalue weighted by Crippen LogP contribution is -2.58. The Morgan fingerprint density at radius 3 is 2.29 bits per heavy atom. The number of anilines is 1. The number of halogens is 3. The van der Waals surface area contributed by atoms with Gasteiger partial charge in [0.15, 0.2) is 11.5 Å². The lowest BCUT2D eigenvalue weighted by Gasteiger charge is -2.46. The molecule has 34 heavy (non-hydrogen) atoms. The van der Waals surface area contributed by atoms with Crippen molar-refractivity contribution in [3.05, 3.63) is 64.7 Å². The van der Waals surface area contributed by atoms with E-state index in [-0.39, 0.29) is 5.56 Å². The van der Waals surface area contributed by atoms with Crippen LogP contribution in [0.25, 0.3) is 16.8 Å². The Bertz CT molecular complexity index is 1360. The zero-order valence-corrected chi connectivity index (χ0v) is 19.9. The van der Waals surface area contributed by atoms with Gasteiger partial charge in [-0.1, -0.05) is 12.1 Å². The number of likely N-dealkylation sites (N-methyl/N-ethyl adjacent to an activating group) is 1. The van der Waals surface area contributed by atoms with Gasteiger partial charge in [0.1, 0.15) is 5.75 Å². The molecule has 0 saturated heterocycles. The van der Waals surface area contributed by atoms with Gasteiger partial charge < -0.3 is 19.1 Å². The van der Waals surface area contributed by atoms with Crippen LogP contribution in [0.15, 0.2) is 42.5 Å². The quantitative estimate of drug-likeness (QED) is 0.417. The van der Waals surface area contributed by atoms with Crippen molar-refractivity contribution in [2.24, 2.45) is 0 Å². The Morgan fingerprint density at radius 2 is 1.65 bits per heavy atom. The Morgan fingerprint density at radius 1 is 0.971 bits per heavy atom. The van der Waals surface area contributed by atoms with Crippen molar-refractivity contribution < 1.29 is 27.4 Å². The zero-order chi connectivity index (χ0) is 24.6. The van der Waals surface area contributed by atoms with Crippen LogP contribution in [-0.4, -0.2) is 27.0 Å². The first-order chi connectivity index (χ1) is 15.9. The summed E-state index contributed by atoms with van der Waals surface area (Å²) >= 11 is 0. The maximum atomic E-state index is 13.4. The number of alkyl halides is 3. The number of benzene rings is 3. The number of methoxy groups -OCH3 is 2. The minimum absolute atomic E-state index is 0.187. The van der Waals surface area contributed by atoms with Crippen molar-refractivity contribution in [3.8, 4) is 17.2 Å². The van der Waals surface area contributed by atoms with Gasteiger partial charge in [0.05, 0.1) is 25.2 Å². The molecule has 5 rings (SSSR count). The normalized spacial score (nSPS) is 20.3. The van der Waals surface area contributed by atoms with Crippen LogP contribution in [0, 0.1) is 6.92 Å². The molecule has 0 aromatic heterocycles. The van der Waals surface area contributed by atoms with Crippen LogP contribution in [0.2, 0.25) is 0 Å². The van der Waals surface area contributed by atoms with Crippen LogP contribution in [-0.2, 0) is 11.6 Å². The van der Waals surface area contributed by atoms with Crippen molar-refractivity contribution in [3.63, 3.8) is 0 Å². The molecule has 0 radical (unpaired) electrons. The van der Waals surface area contributed by atoms with E-state index in [1.165, 1.54) is 13.0 Å². The first kappa shape index (κ1) is 22.4. The SMILES string of the molecule is COc1cc2c(cc1OC)C(C)(C)C1(C=Cc3c(ccc4cc(C(F)(F)F)c(C)cc34)O1)N2C. The van der Waals surface area contributed by atoms with E-state index >= 15 is 0 Å². The standard InChI is InChI=1S/C27H26F3NO3/c1-15-11-18-16(12-19(15)27(28,29)30)7-8-22-17(18)9-10-26(34-22)25(2,3)20-13-23(32-5)24(33-6)14-21(20)31(26)4/h7-14H,1-6H3. The van der Waals surface area contributed by atoms with Gasteiger partial charge in [0.25, 0.3) is 0 Å². The molecule has 1 atom stereocenters. The van der Waals surface area contributed by atoms with Crippen molar-refractivity contribution >= 4 is 22.5 Å². The van der Waals surface area contributed by atoms with Crippen LogP contribution < -0.4 is 19.1 Å². The fourth-order valence-corrected chi connectivity index (χ4v) is 5.40. The predicted octanol–water partition coefficient (Wildman–Crippen LogP) is 6.71. The molecule has 3 aromatic carbocycles. The molecule has 2 heterocycles. The Hall–Kier alpha value is -3.35. The first-order valence-electron chi connectivity index (χ1n) is 11.0. The second-order valence-corrected chi connectivity index (χ2v) is 9.40. The second kappa shape index (κ2) is 7.08. The molecular weight excluding hydrogens is 443 g/mol. The number of fused-ring (bicyclic) bond motifs is 4. The topological polar surface area (TPSA) is 30.9 Å². The lowest BCUT2D eigenvalue weighted by molar-refractivity contribution is -0.137. The summed E-state index contributed by atoms with van der Waals surface area (Å²) in [7, 11) is 5.18. The highest BCUT2D eigenvalue weighted by Gasteiger charge is 2.58. The van der Waals surface area contributed by atoms with Crippen LogP contribution in [0.1, 0.15) is 36.1 Å². The Balaban J connectivity index is 1.65. The van der Waals surface area contributed by atoms with Gasteiger partial charge >= 0.3 is 6.18 Å². The van der Waals surface area contributed by atoms with Gasteiger partial charge in [-0.3, -0.25) is 0 Å². The van der Waals surface area contributed by atoms with E-state index in [4.69, 9.17) is 14.2 Å². The molecule has 0 fully saturated rings. The van der Waals surface area contributed by atoms with Crippen molar-refractivity contribution in [1.82, 2.24) is 0 Å². The number of hydrogen-bond donors (Lipinski definition) is 0. The van der Waals surface area contributed by atoms with E-state index in [0.29, 0.717) is 22.6 Å². The fourth-order valence-electron chi connectivity index (χ4n) is 5.40. The fraction of sp³-hybridized carbons (Fsp3) is 0.333. The number of ether oxygens (including phenoxy) is 3. The summed E-state index contributed by atoms with van der Waals surface area (Å²) in [4.78, 5) is 2.08. The number of aryl methyl sites for hydroxylation is 1. The molecule has 2 aliphatic heterocycles. The minimum Gasteiger partial charge on any atom is -0.493 e. The van der Waals surface area contributed by atoms with Gasteiger partial charge in [-0.25, -0.2) is 0 Å². The van der Waals surface area contributed by atoms with E-state index in [1.54, 1.807) is 32.4 Å². The molecule has 2 aliphatic rings. The molecule has 178 valence electrons. The highest BCUT2D eigenvalue weighted by atomic mass is 19.4. The molecule has 4 nitrogen and oxygen atoms in total. The van der Waals surface area contributed by atoms with E-state index in [9.17, 15) is 13.2 Å². The molecule has 0 N–H and O–H groups in total. The smallest absolute Gasteiger partial charge is 0.416 e. The Kier molecular flexibility index (Phi) is 4.67. The Labute approximate surface area is 196 Å². The minimum atomic E-state index is -4.39. The zero-order valence-electron chi connectivity index (χ0n) is 19.9. The van der Waals surface area contributed by atoms with Crippen LogP contribution in [0.3, 0.4) is 0 Å². The van der Waals surface area contributed by atoms with Crippen molar-refractivity contribution in [1.29, 1.82) is 0 Å². The first-order valence-corrected chi connectivity index (χ1v) is 11.0. The van der Waals surface area contributed by atoms with Gasteiger partial charge in [0, 0.05) is 24.4 Å². The van der Waals surface area contributed by atoms with Gasteiger partial charge in [-0.05, 0) is 73.0 Å². The largest absolute Gasteiger partial charge is 0.493 e. The maximum Gasteiger partial charge on any atom is 0.416 e. The highest BCUT2D eigenvalue weighted by Crippen LogP contribution is 2.57. The molecular formula is C27H26F3NO3. The summed E-state index contributed by atoms with van der Waals surface area (Å²) in [6.07, 6.45) is -0.428. The average Bonchev–Trinajstić information content (AvgIpc) is 2.94. The average molecular weight is 470 g/mol. The van der Waals surface area contributed by atoms with Crippen LogP contribution in [0.5, 0.6) is 17.2 Å². The lowest BCUT2D eigenvalue weighted by atomic mass is 9.76. The summed E-state index contributed by atoms with van der Waals surface area (Å²) in [6.45, 7) is 5.70. The summed E-state index contributed by atoms with van der Waals surface area (Å²) in [5.41, 5.74) is 1.04. The third-order valence-electron chi connectivity index (χ3n) is 7.34. The van der Waals surface area contributed by atoms with E-state index in [2.05, 4.69) is 18.7 Å². The third-order valence-corrected chi connectivity index (χ3v) is 7.34. The molecule has 1 unspecified atom stereocenters. The molecule has 0 amide bonds. The van der Waals surface area contributed by atoms with Crippen molar-refractivity contribution in [2.45, 2.75) is 38.1 Å². The number of nitrogens with zero attached hydrogens (tertiary/aromatic N) is 1. The van der Waals surface area contributed by atoms with Gasteiger partial charge in [-0.2, -0.15) is 13.2 Å². The van der Waals surface area contributed by atoms with Gasteiger partial charge in [0.2, 0.25) is 5.72 Å². The third kappa shape index (κ3) is 2.85. The molecule has 0 saturated carbocycles. The van der Waals surface area contributed by atoms with E-state index in [0.717, 1.165) is 22.2 Å². The summed E-state index contributed by atoms with van der Waals surface area (Å²) < 4.78 is 58.0. The molecule has 1 spiro atoms.